The van der Waals surface area contributed by atoms with Gasteiger partial charge >= 0.3 is 0 Å². The van der Waals surface area contributed by atoms with Crippen LogP contribution >= 0.6 is 23.2 Å². The van der Waals surface area contributed by atoms with Crippen molar-refractivity contribution < 1.29 is 17.6 Å². The van der Waals surface area contributed by atoms with Crippen LogP contribution in [0.3, 0.4) is 0 Å². The van der Waals surface area contributed by atoms with E-state index in [0.717, 1.165) is 0 Å². The SMILES string of the molecule is O=C1/C(=C\c2ccc(F)cc2)S(=O)(=O)[C@@H](c2ccc(Cl)cc2)N1c1ccc(Cl)cc1. The van der Waals surface area contributed by atoms with Crippen LogP contribution in [-0.4, -0.2) is 14.3 Å². The fraction of sp³-hybridized carbons (Fsp3) is 0.0455. The molecule has 0 N–H and O–H groups in total. The minimum Gasteiger partial charge on any atom is -0.286 e. The molecule has 1 heterocycles. The Hall–Kier alpha value is -2.67. The first-order valence-corrected chi connectivity index (χ1v) is 11.1. The summed E-state index contributed by atoms with van der Waals surface area (Å²) < 4.78 is 40.1. The summed E-state index contributed by atoms with van der Waals surface area (Å²) in [4.78, 5) is 14.1. The van der Waals surface area contributed by atoms with E-state index in [-0.39, 0.29) is 4.91 Å². The lowest BCUT2D eigenvalue weighted by Gasteiger charge is -2.23. The van der Waals surface area contributed by atoms with Crippen molar-refractivity contribution in [1.82, 2.24) is 0 Å². The van der Waals surface area contributed by atoms with Gasteiger partial charge in [-0.3, -0.25) is 9.69 Å². The number of rotatable bonds is 3. The maximum absolute atomic E-state index is 13.4. The van der Waals surface area contributed by atoms with E-state index in [1.807, 2.05) is 0 Å². The summed E-state index contributed by atoms with van der Waals surface area (Å²) >= 11 is 11.9. The maximum Gasteiger partial charge on any atom is 0.271 e. The van der Waals surface area contributed by atoms with Crippen LogP contribution in [0.2, 0.25) is 10.0 Å². The number of carbonyl (C=O) groups is 1. The Balaban J connectivity index is 1.90. The van der Waals surface area contributed by atoms with Crippen molar-refractivity contribution in [3.05, 3.63) is 105 Å². The minimum atomic E-state index is -4.09. The zero-order valence-electron chi connectivity index (χ0n) is 15.3. The number of sulfone groups is 1. The quantitative estimate of drug-likeness (QED) is 0.474. The lowest BCUT2D eigenvalue weighted by Crippen LogP contribution is -2.28. The van der Waals surface area contributed by atoms with Crippen molar-refractivity contribution in [2.75, 3.05) is 4.90 Å². The predicted octanol–water partition coefficient (Wildman–Crippen LogP) is 5.63. The second-order valence-corrected chi connectivity index (χ2v) is 9.51. The molecule has 0 unspecified atom stereocenters. The third kappa shape index (κ3) is 3.74. The van der Waals surface area contributed by atoms with Crippen LogP contribution < -0.4 is 4.90 Å². The summed E-state index contributed by atoms with van der Waals surface area (Å²) in [5.41, 5.74) is 1.18. The minimum absolute atomic E-state index is 0.371. The van der Waals surface area contributed by atoms with Crippen LogP contribution in [0.4, 0.5) is 10.1 Å². The number of nitrogens with zero attached hydrogens (tertiary/aromatic N) is 1. The van der Waals surface area contributed by atoms with Crippen molar-refractivity contribution in [3.63, 3.8) is 0 Å². The topological polar surface area (TPSA) is 54.5 Å². The molecule has 0 aromatic heterocycles. The zero-order chi connectivity index (χ0) is 21.5. The molecular weight excluding hydrogens is 448 g/mol. The molecular formula is C22H14Cl2FNO3S. The van der Waals surface area contributed by atoms with Crippen molar-refractivity contribution in [2.45, 2.75) is 5.37 Å². The van der Waals surface area contributed by atoms with E-state index in [0.29, 0.717) is 26.9 Å². The van der Waals surface area contributed by atoms with Gasteiger partial charge in [-0.2, -0.15) is 0 Å². The van der Waals surface area contributed by atoms with E-state index >= 15 is 0 Å². The molecule has 0 radical (unpaired) electrons. The lowest BCUT2D eigenvalue weighted by molar-refractivity contribution is -0.114. The Labute approximate surface area is 183 Å². The van der Waals surface area contributed by atoms with E-state index in [2.05, 4.69) is 0 Å². The second-order valence-electron chi connectivity index (χ2n) is 6.66. The Bertz CT molecular complexity index is 1240. The molecule has 3 aromatic carbocycles. The van der Waals surface area contributed by atoms with Gasteiger partial charge in [0.2, 0.25) is 9.84 Å². The molecule has 1 atom stereocenters. The molecule has 1 aliphatic heterocycles. The highest BCUT2D eigenvalue weighted by atomic mass is 35.5. The monoisotopic (exact) mass is 461 g/mol. The summed E-state index contributed by atoms with van der Waals surface area (Å²) in [6.45, 7) is 0. The molecule has 1 fully saturated rings. The number of hydrogen-bond donors (Lipinski definition) is 0. The van der Waals surface area contributed by atoms with Crippen LogP contribution in [0.25, 0.3) is 6.08 Å². The van der Waals surface area contributed by atoms with Crippen LogP contribution in [-0.2, 0) is 14.6 Å². The lowest BCUT2D eigenvalue weighted by atomic mass is 10.1. The molecule has 0 bridgehead atoms. The summed E-state index contributed by atoms with van der Waals surface area (Å²) in [5.74, 6) is -1.14. The van der Waals surface area contributed by atoms with Crippen molar-refractivity contribution in [2.24, 2.45) is 0 Å². The summed E-state index contributed by atoms with van der Waals surface area (Å²) in [6, 6.07) is 17.8. The highest BCUT2D eigenvalue weighted by Crippen LogP contribution is 2.43. The fourth-order valence-corrected chi connectivity index (χ4v) is 5.42. The van der Waals surface area contributed by atoms with Gasteiger partial charge in [-0.1, -0.05) is 47.5 Å². The van der Waals surface area contributed by atoms with Crippen molar-refractivity contribution in [1.29, 1.82) is 0 Å². The summed E-state index contributed by atoms with van der Waals surface area (Å²) in [6.07, 6.45) is 1.26. The number of hydrogen-bond acceptors (Lipinski definition) is 3. The molecule has 1 saturated heterocycles. The Kier molecular flexibility index (Phi) is 5.40. The first kappa shape index (κ1) is 20.6. The van der Waals surface area contributed by atoms with Crippen LogP contribution in [0.15, 0.2) is 77.7 Å². The average Bonchev–Trinajstić information content (AvgIpc) is 2.91. The molecule has 0 saturated carbocycles. The van der Waals surface area contributed by atoms with Crippen molar-refractivity contribution in [3.8, 4) is 0 Å². The molecule has 0 aliphatic carbocycles. The van der Waals surface area contributed by atoms with Gasteiger partial charge in [0.1, 0.15) is 10.7 Å². The number of benzene rings is 3. The molecule has 1 amide bonds. The first-order valence-electron chi connectivity index (χ1n) is 8.83. The smallest absolute Gasteiger partial charge is 0.271 e. The Morgan fingerprint density at radius 1 is 0.833 bits per heavy atom. The van der Waals surface area contributed by atoms with Gasteiger partial charge in [0.25, 0.3) is 5.91 Å². The van der Waals surface area contributed by atoms with Gasteiger partial charge in [-0.15, -0.1) is 0 Å². The maximum atomic E-state index is 13.4. The molecule has 30 heavy (non-hydrogen) atoms. The summed E-state index contributed by atoms with van der Waals surface area (Å²) in [5, 5.41) is -0.367. The van der Waals surface area contributed by atoms with E-state index in [4.69, 9.17) is 23.2 Å². The van der Waals surface area contributed by atoms with Gasteiger partial charge in [-0.25, -0.2) is 12.8 Å². The average molecular weight is 462 g/mol. The van der Waals surface area contributed by atoms with E-state index in [1.54, 1.807) is 48.5 Å². The molecule has 1 aliphatic rings. The fourth-order valence-electron chi connectivity index (χ4n) is 3.27. The molecule has 0 spiro atoms. The zero-order valence-corrected chi connectivity index (χ0v) is 17.6. The number of carbonyl (C=O) groups excluding carboxylic acids is 1. The van der Waals surface area contributed by atoms with Gasteiger partial charge in [0.05, 0.1) is 0 Å². The standard InChI is InChI=1S/C22H14Cl2FNO3S/c23-16-5-3-15(4-6-16)22-26(19-11-7-17(24)8-12-19)21(27)20(30(22,28)29)13-14-1-9-18(25)10-2-14/h1-13,22H/b20-13+/t22-/m0/s1. The van der Waals surface area contributed by atoms with Crippen LogP contribution in [0, 0.1) is 5.82 Å². The van der Waals surface area contributed by atoms with E-state index in [1.165, 1.54) is 35.2 Å². The number of amides is 1. The number of anilines is 1. The van der Waals surface area contributed by atoms with Gasteiger partial charge in [-0.05, 0) is 65.7 Å². The largest absolute Gasteiger partial charge is 0.286 e. The molecule has 152 valence electrons. The normalized spacial score (nSPS) is 19.4. The third-order valence-electron chi connectivity index (χ3n) is 4.69. The highest BCUT2D eigenvalue weighted by molar-refractivity contribution is 7.97. The molecule has 4 nitrogen and oxygen atoms in total. The van der Waals surface area contributed by atoms with E-state index in [9.17, 15) is 17.6 Å². The van der Waals surface area contributed by atoms with Crippen molar-refractivity contribution >= 4 is 50.7 Å². The predicted molar refractivity (Wildman–Crippen MR) is 116 cm³/mol. The first-order chi connectivity index (χ1) is 14.3. The summed E-state index contributed by atoms with van der Waals surface area (Å²) in [7, 11) is -4.09. The highest BCUT2D eigenvalue weighted by Gasteiger charge is 2.50. The van der Waals surface area contributed by atoms with Gasteiger partial charge in [0.15, 0.2) is 5.37 Å². The van der Waals surface area contributed by atoms with Gasteiger partial charge in [0, 0.05) is 15.7 Å². The van der Waals surface area contributed by atoms with Crippen LogP contribution in [0.5, 0.6) is 0 Å². The molecule has 4 rings (SSSR count). The van der Waals surface area contributed by atoms with E-state index < -0.39 is 26.9 Å². The third-order valence-corrected chi connectivity index (χ3v) is 7.17. The Morgan fingerprint density at radius 3 is 1.93 bits per heavy atom. The second kappa shape index (κ2) is 7.87. The van der Waals surface area contributed by atoms with Gasteiger partial charge < -0.3 is 0 Å². The Morgan fingerprint density at radius 2 is 1.37 bits per heavy atom. The molecule has 8 heteroatoms. The number of halogens is 3. The molecule has 3 aromatic rings. The van der Waals surface area contributed by atoms with Crippen LogP contribution in [0.1, 0.15) is 16.5 Å².